The van der Waals surface area contributed by atoms with Crippen molar-refractivity contribution in [3.8, 4) is 5.75 Å². The average Bonchev–Trinajstić information content (AvgIpc) is 2.15. The first-order valence-corrected chi connectivity index (χ1v) is 5.51. The molecule has 0 aromatic heterocycles. The van der Waals surface area contributed by atoms with E-state index in [4.69, 9.17) is 5.11 Å². The van der Waals surface area contributed by atoms with Crippen LogP contribution in [0.15, 0.2) is 18.2 Å². The number of hydrogen-bond donors (Lipinski definition) is 2. The van der Waals surface area contributed by atoms with Crippen molar-refractivity contribution in [1.29, 1.82) is 0 Å². The van der Waals surface area contributed by atoms with E-state index in [-0.39, 0.29) is 22.8 Å². The molecule has 0 heterocycles. The summed E-state index contributed by atoms with van der Waals surface area (Å²) in [6.07, 6.45) is 0. The number of phenols is 1. The summed E-state index contributed by atoms with van der Waals surface area (Å²) in [4.78, 5) is 11.8. The Bertz CT molecular complexity index is 424. The molecule has 3 nitrogen and oxygen atoms in total. The summed E-state index contributed by atoms with van der Waals surface area (Å²) >= 11 is 0. The highest BCUT2D eigenvalue weighted by molar-refractivity contribution is 5.94. The van der Waals surface area contributed by atoms with Gasteiger partial charge in [0.05, 0.1) is 5.56 Å². The monoisotopic (exact) mass is 239 g/mol. The molecule has 1 atom stereocenters. The third kappa shape index (κ3) is 3.44. The SMILES string of the molecule is CC(NC(=O)c1ccc(O)cc1F)C(C)(C)C. The maximum Gasteiger partial charge on any atom is 0.254 e. The number of benzene rings is 1. The van der Waals surface area contributed by atoms with Crippen LogP contribution in [-0.2, 0) is 0 Å². The first-order valence-electron chi connectivity index (χ1n) is 5.51. The second kappa shape index (κ2) is 4.73. The number of nitrogens with one attached hydrogen (secondary N) is 1. The molecule has 0 aliphatic heterocycles. The number of carbonyl (C=O) groups is 1. The molecule has 0 radical (unpaired) electrons. The number of carbonyl (C=O) groups excluding carboxylic acids is 1. The lowest BCUT2D eigenvalue weighted by Gasteiger charge is -2.28. The fourth-order valence-electron chi connectivity index (χ4n) is 1.18. The van der Waals surface area contributed by atoms with E-state index in [2.05, 4.69) is 5.32 Å². The van der Waals surface area contributed by atoms with Gasteiger partial charge in [-0.1, -0.05) is 20.8 Å². The van der Waals surface area contributed by atoms with Crippen LogP contribution < -0.4 is 5.32 Å². The summed E-state index contributed by atoms with van der Waals surface area (Å²) in [5.74, 6) is -1.38. The van der Waals surface area contributed by atoms with Crippen LogP contribution in [0.4, 0.5) is 4.39 Å². The van der Waals surface area contributed by atoms with Gasteiger partial charge in [-0.05, 0) is 24.5 Å². The molecule has 0 saturated heterocycles. The van der Waals surface area contributed by atoms with Gasteiger partial charge in [0.15, 0.2) is 0 Å². The Morgan fingerprint density at radius 1 is 1.41 bits per heavy atom. The van der Waals surface area contributed by atoms with E-state index in [0.717, 1.165) is 6.07 Å². The number of rotatable bonds is 2. The van der Waals surface area contributed by atoms with Crippen LogP contribution in [0.25, 0.3) is 0 Å². The smallest absolute Gasteiger partial charge is 0.254 e. The predicted molar refractivity (Wildman–Crippen MR) is 64.4 cm³/mol. The quantitative estimate of drug-likeness (QED) is 0.833. The third-order valence-corrected chi connectivity index (χ3v) is 2.84. The Balaban J connectivity index is 2.84. The van der Waals surface area contributed by atoms with Gasteiger partial charge in [-0.3, -0.25) is 4.79 Å². The molecule has 4 heteroatoms. The Morgan fingerprint density at radius 3 is 2.47 bits per heavy atom. The van der Waals surface area contributed by atoms with E-state index in [1.54, 1.807) is 0 Å². The van der Waals surface area contributed by atoms with E-state index in [9.17, 15) is 9.18 Å². The first kappa shape index (κ1) is 13.5. The lowest BCUT2D eigenvalue weighted by atomic mass is 9.88. The summed E-state index contributed by atoms with van der Waals surface area (Å²) in [6.45, 7) is 7.84. The number of aromatic hydroxyl groups is 1. The number of amides is 1. The molecule has 0 aliphatic carbocycles. The molecule has 17 heavy (non-hydrogen) atoms. The molecule has 94 valence electrons. The van der Waals surface area contributed by atoms with Crippen LogP contribution in [0.2, 0.25) is 0 Å². The van der Waals surface area contributed by atoms with E-state index in [1.807, 2.05) is 27.7 Å². The van der Waals surface area contributed by atoms with Gasteiger partial charge in [0.25, 0.3) is 5.91 Å². The summed E-state index contributed by atoms with van der Waals surface area (Å²) < 4.78 is 13.4. The van der Waals surface area contributed by atoms with Crippen molar-refractivity contribution in [2.24, 2.45) is 5.41 Å². The molecular weight excluding hydrogens is 221 g/mol. The zero-order chi connectivity index (χ0) is 13.2. The largest absolute Gasteiger partial charge is 0.508 e. The van der Waals surface area contributed by atoms with Gasteiger partial charge < -0.3 is 10.4 Å². The lowest BCUT2D eigenvalue weighted by Crippen LogP contribution is -2.41. The fraction of sp³-hybridized carbons (Fsp3) is 0.462. The van der Waals surface area contributed by atoms with Gasteiger partial charge >= 0.3 is 0 Å². The first-order chi connectivity index (χ1) is 7.71. The van der Waals surface area contributed by atoms with Crippen molar-refractivity contribution in [3.63, 3.8) is 0 Å². The highest BCUT2D eigenvalue weighted by Crippen LogP contribution is 2.20. The molecule has 0 spiro atoms. The van der Waals surface area contributed by atoms with E-state index in [1.165, 1.54) is 12.1 Å². The molecule has 1 rings (SSSR count). The zero-order valence-corrected chi connectivity index (χ0v) is 10.5. The minimum atomic E-state index is -0.719. The van der Waals surface area contributed by atoms with E-state index >= 15 is 0 Å². The minimum Gasteiger partial charge on any atom is -0.508 e. The standard InChI is InChI=1S/C13H18FNO2/c1-8(13(2,3)4)15-12(17)10-6-5-9(16)7-11(10)14/h5-8,16H,1-4H3,(H,15,17). The van der Waals surface area contributed by atoms with Crippen molar-refractivity contribution in [2.45, 2.75) is 33.7 Å². The van der Waals surface area contributed by atoms with Crippen molar-refractivity contribution < 1.29 is 14.3 Å². The van der Waals surface area contributed by atoms with Crippen LogP contribution in [0.1, 0.15) is 38.1 Å². The van der Waals surface area contributed by atoms with Gasteiger partial charge in [-0.2, -0.15) is 0 Å². The summed E-state index contributed by atoms with van der Waals surface area (Å²) in [7, 11) is 0. The average molecular weight is 239 g/mol. The topological polar surface area (TPSA) is 49.3 Å². The molecule has 1 unspecified atom stereocenters. The van der Waals surface area contributed by atoms with Gasteiger partial charge in [0.1, 0.15) is 11.6 Å². The van der Waals surface area contributed by atoms with Crippen LogP contribution >= 0.6 is 0 Å². The van der Waals surface area contributed by atoms with Gasteiger partial charge in [-0.15, -0.1) is 0 Å². The molecule has 0 fully saturated rings. The maximum absolute atomic E-state index is 13.4. The van der Waals surface area contributed by atoms with Crippen LogP contribution in [0, 0.1) is 11.2 Å². The molecule has 1 amide bonds. The molecule has 1 aromatic carbocycles. The fourth-order valence-corrected chi connectivity index (χ4v) is 1.18. The van der Waals surface area contributed by atoms with Crippen molar-refractivity contribution in [3.05, 3.63) is 29.6 Å². The van der Waals surface area contributed by atoms with Gasteiger partial charge in [0, 0.05) is 12.1 Å². The second-order valence-corrected chi connectivity index (χ2v) is 5.23. The number of halogens is 1. The number of phenolic OH excluding ortho intramolecular Hbond substituents is 1. The highest BCUT2D eigenvalue weighted by Gasteiger charge is 2.23. The lowest BCUT2D eigenvalue weighted by molar-refractivity contribution is 0.0906. The normalized spacial score (nSPS) is 13.2. The Kier molecular flexibility index (Phi) is 3.76. The Labute approximate surface area is 101 Å². The van der Waals surface area contributed by atoms with E-state index in [0.29, 0.717) is 0 Å². The Hall–Kier alpha value is -1.58. The molecule has 0 saturated carbocycles. The zero-order valence-electron chi connectivity index (χ0n) is 10.5. The summed E-state index contributed by atoms with van der Waals surface area (Å²) in [6, 6.07) is 3.41. The van der Waals surface area contributed by atoms with E-state index < -0.39 is 11.7 Å². The molecular formula is C13H18FNO2. The predicted octanol–water partition coefficient (Wildman–Crippen LogP) is 2.70. The highest BCUT2D eigenvalue weighted by atomic mass is 19.1. The summed E-state index contributed by atoms with van der Waals surface area (Å²) in [5.41, 5.74) is -0.151. The third-order valence-electron chi connectivity index (χ3n) is 2.84. The van der Waals surface area contributed by atoms with Gasteiger partial charge in [0.2, 0.25) is 0 Å². The van der Waals surface area contributed by atoms with Crippen LogP contribution in [0.3, 0.4) is 0 Å². The maximum atomic E-state index is 13.4. The van der Waals surface area contributed by atoms with Crippen LogP contribution in [0.5, 0.6) is 5.75 Å². The van der Waals surface area contributed by atoms with Crippen molar-refractivity contribution >= 4 is 5.91 Å². The molecule has 0 aliphatic rings. The number of hydrogen-bond acceptors (Lipinski definition) is 2. The van der Waals surface area contributed by atoms with Gasteiger partial charge in [-0.25, -0.2) is 4.39 Å². The van der Waals surface area contributed by atoms with Crippen LogP contribution in [-0.4, -0.2) is 17.1 Å². The summed E-state index contributed by atoms with van der Waals surface area (Å²) in [5, 5.41) is 11.8. The Morgan fingerprint density at radius 2 is 2.00 bits per heavy atom. The minimum absolute atomic E-state index is 0.0566. The molecule has 2 N–H and O–H groups in total. The molecule has 1 aromatic rings. The van der Waals surface area contributed by atoms with Crippen molar-refractivity contribution in [2.75, 3.05) is 0 Å². The molecule has 0 bridgehead atoms. The second-order valence-electron chi connectivity index (χ2n) is 5.23. The van der Waals surface area contributed by atoms with Crippen molar-refractivity contribution in [1.82, 2.24) is 5.32 Å².